The van der Waals surface area contributed by atoms with Gasteiger partial charge in [0.15, 0.2) is 5.11 Å². The third-order valence-electron chi connectivity index (χ3n) is 3.69. The number of benzene rings is 2. The van der Waals surface area contributed by atoms with Crippen molar-refractivity contribution >= 4 is 56.0 Å². The molecule has 0 bridgehead atoms. The third-order valence-corrected chi connectivity index (χ3v) is 5.57. The Morgan fingerprint density at radius 1 is 1.04 bits per heavy atom. The van der Waals surface area contributed by atoms with E-state index < -0.39 is 10.0 Å². The number of aryl methyl sites for hydroxylation is 1. The lowest BCUT2D eigenvalue weighted by molar-refractivity contribution is 0.601. The van der Waals surface area contributed by atoms with Crippen LogP contribution in [0.15, 0.2) is 71.9 Å². The van der Waals surface area contributed by atoms with Crippen molar-refractivity contribution < 1.29 is 8.42 Å². The van der Waals surface area contributed by atoms with Gasteiger partial charge in [0.05, 0.1) is 17.6 Å². The van der Waals surface area contributed by atoms with Crippen LogP contribution in [0.2, 0.25) is 5.02 Å². The van der Waals surface area contributed by atoms with Crippen LogP contribution in [0, 0.1) is 6.92 Å². The van der Waals surface area contributed by atoms with Gasteiger partial charge in [-0.05, 0) is 73.2 Å². The lowest BCUT2D eigenvalue weighted by atomic mass is 10.2. The van der Waals surface area contributed by atoms with E-state index in [2.05, 4.69) is 20.3 Å². The van der Waals surface area contributed by atoms with E-state index in [0.29, 0.717) is 22.1 Å². The minimum Gasteiger partial charge on any atom is -0.331 e. The summed E-state index contributed by atoms with van der Waals surface area (Å²) in [5, 5.41) is 6.68. The molecule has 0 unspecified atom stereocenters. The van der Waals surface area contributed by atoms with Gasteiger partial charge in [0.1, 0.15) is 4.90 Å². The molecule has 3 N–H and O–H groups in total. The Morgan fingerprint density at radius 2 is 1.79 bits per heavy atom. The molecule has 0 amide bonds. The standard InChI is InChI=1S/C19H17ClN4O2S2/c1-13-4-9-17(23-19(27)22-16-3-2-10-21-12-16)18(11-13)28(25,26)24-15-7-5-14(20)6-8-15/h2-12,24H,1H3,(H2,22,23,27). The van der Waals surface area contributed by atoms with Crippen LogP contribution >= 0.6 is 23.8 Å². The average Bonchev–Trinajstić information content (AvgIpc) is 2.65. The first-order chi connectivity index (χ1) is 13.3. The van der Waals surface area contributed by atoms with Crippen molar-refractivity contribution in [1.29, 1.82) is 0 Å². The first kappa shape index (κ1) is 20.1. The van der Waals surface area contributed by atoms with Gasteiger partial charge in [-0.25, -0.2) is 8.42 Å². The fourth-order valence-electron chi connectivity index (χ4n) is 2.40. The predicted octanol–water partition coefficient (Wildman–Crippen LogP) is 4.65. The zero-order valence-corrected chi connectivity index (χ0v) is 17.2. The summed E-state index contributed by atoms with van der Waals surface area (Å²) in [7, 11) is -3.85. The van der Waals surface area contributed by atoms with Gasteiger partial charge in [-0.1, -0.05) is 17.7 Å². The molecular formula is C19H17ClN4O2S2. The lowest BCUT2D eigenvalue weighted by Gasteiger charge is -2.16. The number of hydrogen-bond acceptors (Lipinski definition) is 4. The van der Waals surface area contributed by atoms with Crippen molar-refractivity contribution in [3.05, 3.63) is 77.6 Å². The molecular weight excluding hydrogens is 416 g/mol. The van der Waals surface area contributed by atoms with Crippen molar-refractivity contribution in [2.45, 2.75) is 11.8 Å². The predicted molar refractivity (Wildman–Crippen MR) is 118 cm³/mol. The van der Waals surface area contributed by atoms with Gasteiger partial charge in [-0.3, -0.25) is 9.71 Å². The van der Waals surface area contributed by atoms with Crippen LogP contribution in [0.25, 0.3) is 0 Å². The second-order valence-electron chi connectivity index (χ2n) is 5.93. The summed E-state index contributed by atoms with van der Waals surface area (Å²) in [4.78, 5) is 4.08. The molecule has 0 aliphatic carbocycles. The molecule has 0 saturated carbocycles. The summed E-state index contributed by atoms with van der Waals surface area (Å²) >= 11 is 11.2. The van der Waals surface area contributed by atoms with Gasteiger partial charge in [0.2, 0.25) is 0 Å². The fraction of sp³-hybridized carbons (Fsp3) is 0.0526. The van der Waals surface area contributed by atoms with Crippen LogP contribution in [-0.4, -0.2) is 18.5 Å². The van der Waals surface area contributed by atoms with Crippen molar-refractivity contribution in [2.75, 3.05) is 15.4 Å². The van der Waals surface area contributed by atoms with E-state index in [-0.39, 0.29) is 10.0 Å². The van der Waals surface area contributed by atoms with Crippen molar-refractivity contribution in [3.63, 3.8) is 0 Å². The van der Waals surface area contributed by atoms with Crippen molar-refractivity contribution in [2.24, 2.45) is 0 Å². The Kier molecular flexibility index (Phi) is 6.13. The number of sulfonamides is 1. The highest BCUT2D eigenvalue weighted by atomic mass is 35.5. The summed E-state index contributed by atoms with van der Waals surface area (Å²) in [5.41, 5.74) is 2.25. The Hall–Kier alpha value is -2.68. The largest absolute Gasteiger partial charge is 0.331 e. The Balaban J connectivity index is 1.85. The molecule has 3 aromatic rings. The molecule has 2 aromatic carbocycles. The zero-order chi connectivity index (χ0) is 20.1. The van der Waals surface area contributed by atoms with Crippen LogP contribution < -0.4 is 15.4 Å². The zero-order valence-electron chi connectivity index (χ0n) is 14.8. The normalized spacial score (nSPS) is 10.9. The van der Waals surface area contributed by atoms with Crippen LogP contribution in [0.3, 0.4) is 0 Å². The quantitative estimate of drug-likeness (QED) is 0.509. The number of anilines is 3. The van der Waals surface area contributed by atoms with E-state index in [9.17, 15) is 8.42 Å². The van der Waals surface area contributed by atoms with E-state index in [1.165, 1.54) is 0 Å². The van der Waals surface area contributed by atoms with Crippen molar-refractivity contribution in [3.8, 4) is 0 Å². The number of aromatic nitrogens is 1. The molecule has 28 heavy (non-hydrogen) atoms. The van der Waals surface area contributed by atoms with E-state index in [1.807, 2.05) is 6.92 Å². The SMILES string of the molecule is Cc1ccc(NC(=S)Nc2cccnc2)c(S(=O)(=O)Nc2ccc(Cl)cc2)c1. The highest BCUT2D eigenvalue weighted by Crippen LogP contribution is 2.26. The van der Waals surface area contributed by atoms with E-state index in [0.717, 1.165) is 5.56 Å². The Labute approximate surface area is 174 Å². The number of thiocarbonyl (C=S) groups is 1. The molecule has 1 heterocycles. The fourth-order valence-corrected chi connectivity index (χ4v) is 4.06. The van der Waals surface area contributed by atoms with Gasteiger partial charge in [0, 0.05) is 16.9 Å². The number of hydrogen-bond donors (Lipinski definition) is 3. The van der Waals surface area contributed by atoms with Gasteiger partial charge in [0.25, 0.3) is 10.0 Å². The Morgan fingerprint density at radius 3 is 2.46 bits per heavy atom. The van der Waals surface area contributed by atoms with Crippen LogP contribution in [0.1, 0.15) is 5.56 Å². The molecule has 9 heteroatoms. The maximum Gasteiger partial charge on any atom is 0.263 e. The van der Waals surface area contributed by atoms with Gasteiger partial charge < -0.3 is 10.6 Å². The molecule has 6 nitrogen and oxygen atoms in total. The van der Waals surface area contributed by atoms with Gasteiger partial charge in [-0.2, -0.15) is 0 Å². The highest BCUT2D eigenvalue weighted by Gasteiger charge is 2.20. The number of rotatable bonds is 5. The maximum atomic E-state index is 12.9. The van der Waals surface area contributed by atoms with E-state index in [4.69, 9.17) is 23.8 Å². The topological polar surface area (TPSA) is 83.1 Å². The number of nitrogens with zero attached hydrogens (tertiary/aromatic N) is 1. The van der Waals surface area contributed by atoms with Crippen molar-refractivity contribution in [1.82, 2.24) is 4.98 Å². The van der Waals surface area contributed by atoms with Crippen LogP contribution in [0.5, 0.6) is 0 Å². The van der Waals surface area contributed by atoms with Gasteiger partial charge >= 0.3 is 0 Å². The molecule has 0 fully saturated rings. The minimum absolute atomic E-state index is 0.0813. The minimum atomic E-state index is -3.85. The van der Waals surface area contributed by atoms with Crippen LogP contribution in [0.4, 0.5) is 17.1 Å². The molecule has 0 saturated heterocycles. The first-order valence-corrected chi connectivity index (χ1v) is 10.5. The molecule has 0 aliphatic heterocycles. The molecule has 0 spiro atoms. The van der Waals surface area contributed by atoms with Gasteiger partial charge in [-0.15, -0.1) is 0 Å². The molecule has 3 rings (SSSR count). The third kappa shape index (κ3) is 5.19. The lowest BCUT2D eigenvalue weighted by Crippen LogP contribution is -2.22. The second kappa shape index (κ2) is 8.55. The highest BCUT2D eigenvalue weighted by molar-refractivity contribution is 7.93. The number of pyridine rings is 1. The number of halogens is 1. The Bertz CT molecular complexity index is 1090. The summed E-state index contributed by atoms with van der Waals surface area (Å²) in [6.07, 6.45) is 3.26. The summed E-state index contributed by atoms with van der Waals surface area (Å²) in [6, 6.07) is 15.0. The second-order valence-corrected chi connectivity index (χ2v) is 8.43. The average molecular weight is 433 g/mol. The molecule has 0 atom stereocenters. The molecule has 144 valence electrons. The monoisotopic (exact) mass is 432 g/mol. The maximum absolute atomic E-state index is 12.9. The summed E-state index contributed by atoms with van der Waals surface area (Å²) in [6.45, 7) is 1.82. The molecule has 0 radical (unpaired) electrons. The van der Waals surface area contributed by atoms with E-state index in [1.54, 1.807) is 67.0 Å². The number of nitrogens with one attached hydrogen (secondary N) is 3. The van der Waals surface area contributed by atoms with Crippen LogP contribution in [-0.2, 0) is 10.0 Å². The van der Waals surface area contributed by atoms with E-state index >= 15 is 0 Å². The summed E-state index contributed by atoms with van der Waals surface area (Å²) < 4.78 is 28.4. The smallest absolute Gasteiger partial charge is 0.263 e. The molecule has 0 aliphatic rings. The molecule has 1 aromatic heterocycles. The summed E-state index contributed by atoms with van der Waals surface area (Å²) in [5.74, 6) is 0. The first-order valence-electron chi connectivity index (χ1n) is 8.20.